The van der Waals surface area contributed by atoms with Gasteiger partial charge in [0.25, 0.3) is 0 Å². The maximum Gasteiger partial charge on any atom is 0.333 e. The van der Waals surface area contributed by atoms with Crippen molar-refractivity contribution in [3.63, 3.8) is 0 Å². The van der Waals surface area contributed by atoms with Crippen molar-refractivity contribution < 1.29 is 4.42 Å². The zero-order chi connectivity index (χ0) is 51.3. The van der Waals surface area contributed by atoms with E-state index in [9.17, 15) is 0 Å². The van der Waals surface area contributed by atoms with Crippen molar-refractivity contribution in [1.29, 1.82) is 0 Å². The topological polar surface area (TPSA) is 24.6 Å². The molecular formula is C70H60BN3O. The van der Waals surface area contributed by atoms with Crippen LogP contribution in [-0.2, 0) is 16.2 Å². The van der Waals surface area contributed by atoms with Crippen LogP contribution < -0.4 is 20.7 Å². The Morgan fingerprint density at radius 1 is 0.427 bits per heavy atom. The number of anilines is 6. The summed E-state index contributed by atoms with van der Waals surface area (Å²) in [7, 11) is 0. The third-order valence-corrected chi connectivity index (χ3v) is 16.4. The molecular weight excluding hydrogens is 910 g/mol. The van der Waals surface area contributed by atoms with E-state index in [2.05, 4.69) is 277 Å². The van der Waals surface area contributed by atoms with Gasteiger partial charge < -0.3 is 18.7 Å². The van der Waals surface area contributed by atoms with Crippen LogP contribution in [0.5, 0.6) is 0 Å². The monoisotopic (exact) mass is 969 g/mol. The van der Waals surface area contributed by atoms with Crippen LogP contribution >= 0.6 is 0 Å². The molecule has 75 heavy (non-hydrogen) atoms. The molecule has 0 amide bonds. The Labute approximate surface area is 440 Å². The summed E-state index contributed by atoms with van der Waals surface area (Å²) in [6.45, 7) is 20.6. The van der Waals surface area contributed by atoms with Crippen molar-refractivity contribution in [1.82, 2.24) is 4.48 Å². The predicted molar refractivity (Wildman–Crippen MR) is 321 cm³/mol. The van der Waals surface area contributed by atoms with Crippen LogP contribution in [-0.4, -0.2) is 11.3 Å². The summed E-state index contributed by atoms with van der Waals surface area (Å²) in [5.74, 6) is 0. The van der Waals surface area contributed by atoms with Gasteiger partial charge in [-0.25, -0.2) is 0 Å². The summed E-state index contributed by atoms with van der Waals surface area (Å²) in [4.78, 5) is 4.99. The van der Waals surface area contributed by atoms with Gasteiger partial charge in [0.05, 0.1) is 5.69 Å². The second-order valence-electron chi connectivity index (χ2n) is 24.2. The number of nitrogens with zero attached hydrogens (tertiary/aromatic N) is 3. The summed E-state index contributed by atoms with van der Waals surface area (Å²) in [6, 6.07) is 75.4. The van der Waals surface area contributed by atoms with Gasteiger partial charge in [-0.1, -0.05) is 178 Å². The number of fused-ring (bicyclic) bond motifs is 12. The van der Waals surface area contributed by atoms with E-state index in [-0.39, 0.29) is 23.1 Å². The molecule has 0 fully saturated rings. The van der Waals surface area contributed by atoms with Crippen LogP contribution in [0.25, 0.3) is 76.8 Å². The lowest BCUT2D eigenvalue weighted by Gasteiger charge is -2.41. The maximum absolute atomic E-state index is 7.01. The predicted octanol–water partition coefficient (Wildman–Crippen LogP) is 18.3. The minimum atomic E-state index is -0.191. The molecule has 2 aliphatic heterocycles. The van der Waals surface area contributed by atoms with E-state index in [0.29, 0.717) is 0 Å². The molecule has 0 spiro atoms. The molecule has 0 N–H and O–H groups in total. The minimum absolute atomic E-state index is 0.0162. The third kappa shape index (κ3) is 6.97. The van der Waals surface area contributed by atoms with E-state index < -0.39 is 0 Å². The highest BCUT2D eigenvalue weighted by atomic mass is 16.3. The van der Waals surface area contributed by atoms with Gasteiger partial charge in [-0.15, -0.1) is 0 Å². The normalized spacial score (nSPS) is 13.3. The quantitative estimate of drug-likeness (QED) is 0.161. The van der Waals surface area contributed by atoms with Crippen LogP contribution in [0.4, 0.5) is 34.1 Å². The molecule has 0 radical (unpaired) electrons. The number of rotatable bonds is 5. The number of furan rings is 1. The highest BCUT2D eigenvalue weighted by Crippen LogP contribution is 2.51. The molecule has 0 atom stereocenters. The number of aromatic nitrogens is 1. The Morgan fingerprint density at radius 3 is 1.75 bits per heavy atom. The smallest absolute Gasteiger partial charge is 0.333 e. The SMILES string of the molecule is CC(C)(C)c1ccc(N(c2ccc(C(C)(C)C)cc2)c2ccc3c(c2)B2c4c(cc(-c5ccccc5)cc4N3c3cccc4c3oc3ccccc34)-c3cc(C(C)(C)C)cc4c5c6ccccc6ccc5n2c34)cc1. The van der Waals surface area contributed by atoms with Gasteiger partial charge in [0.15, 0.2) is 5.58 Å². The molecule has 0 saturated carbocycles. The highest BCUT2D eigenvalue weighted by molar-refractivity contribution is 6.90. The van der Waals surface area contributed by atoms with Gasteiger partial charge >= 0.3 is 6.85 Å². The molecule has 0 aliphatic carbocycles. The van der Waals surface area contributed by atoms with Gasteiger partial charge in [-0.05, 0) is 156 Å². The first-order valence-electron chi connectivity index (χ1n) is 26.7. The van der Waals surface area contributed by atoms with E-state index in [1.54, 1.807) is 0 Å². The first-order chi connectivity index (χ1) is 36.1. The molecule has 5 heteroatoms. The Kier molecular flexibility index (Phi) is 9.74. The van der Waals surface area contributed by atoms with E-state index >= 15 is 0 Å². The Hall–Kier alpha value is -8.28. The van der Waals surface area contributed by atoms with Crippen LogP contribution in [0.2, 0.25) is 0 Å². The van der Waals surface area contributed by atoms with Crippen molar-refractivity contribution in [2.75, 3.05) is 9.80 Å². The van der Waals surface area contributed by atoms with Crippen molar-refractivity contribution in [3.05, 3.63) is 217 Å². The standard InChI is InChI=1S/C70H60BN3O/c1-68(2,3)46-27-31-49(32-28-46)72(50-33-29-47(30-34-50)69(4,5)6)51-35-37-59-58(42-51)71-65-55(56-40-48(70(7,8)9)41-57-64-52-21-14-13-20-44(52)26-36-60(64)74(71)66(56)57)38-45(43-18-11-10-12-19-43)39-62(65)73(59)61-24-17-23-54-53-22-15-16-25-63(53)75-67(54)61/h10-42H,1-9H3. The average Bonchev–Trinajstić information content (AvgIpc) is 4.17. The summed E-state index contributed by atoms with van der Waals surface area (Å²) in [6.07, 6.45) is 0. The lowest BCUT2D eigenvalue weighted by atomic mass is 9.45. The molecule has 12 aromatic rings. The van der Waals surface area contributed by atoms with Crippen LogP contribution in [0.1, 0.15) is 79.0 Å². The van der Waals surface area contributed by atoms with Gasteiger partial charge in [0.2, 0.25) is 0 Å². The molecule has 4 nitrogen and oxygen atoms in total. The van der Waals surface area contributed by atoms with E-state index in [4.69, 9.17) is 4.42 Å². The van der Waals surface area contributed by atoms with Crippen LogP contribution in [0, 0.1) is 0 Å². The van der Waals surface area contributed by atoms with Crippen LogP contribution in [0.3, 0.4) is 0 Å². The molecule has 4 heterocycles. The van der Waals surface area contributed by atoms with Gasteiger partial charge in [-0.3, -0.25) is 0 Å². The summed E-state index contributed by atoms with van der Waals surface area (Å²) in [5, 5.41) is 7.34. The van der Waals surface area contributed by atoms with Gasteiger partial charge in [-0.2, -0.15) is 0 Å². The van der Waals surface area contributed by atoms with Gasteiger partial charge in [0, 0.05) is 66.6 Å². The number of hydrogen-bond acceptors (Lipinski definition) is 3. The first-order valence-corrected chi connectivity index (χ1v) is 26.7. The zero-order valence-corrected chi connectivity index (χ0v) is 44.4. The molecule has 0 saturated heterocycles. The fraction of sp³-hybridized carbons (Fsp3) is 0.171. The highest BCUT2D eigenvalue weighted by Gasteiger charge is 2.44. The van der Waals surface area contributed by atoms with Crippen molar-refractivity contribution >= 4 is 106 Å². The molecule has 2 aromatic heterocycles. The molecule has 10 aromatic carbocycles. The number of para-hydroxylation sites is 2. The lowest BCUT2D eigenvalue weighted by Crippen LogP contribution is -2.56. The van der Waals surface area contributed by atoms with E-state index in [0.717, 1.165) is 56.1 Å². The van der Waals surface area contributed by atoms with E-state index in [1.807, 2.05) is 0 Å². The summed E-state index contributed by atoms with van der Waals surface area (Å²) in [5.41, 5.74) is 22.1. The van der Waals surface area contributed by atoms with E-state index in [1.165, 1.54) is 82.4 Å². The molecule has 2 aliphatic rings. The second-order valence-corrected chi connectivity index (χ2v) is 24.2. The minimum Gasteiger partial charge on any atom is -0.454 e. The summed E-state index contributed by atoms with van der Waals surface area (Å²) < 4.78 is 9.73. The van der Waals surface area contributed by atoms with Crippen molar-refractivity contribution in [2.45, 2.75) is 78.6 Å². The van der Waals surface area contributed by atoms with Crippen molar-refractivity contribution in [2.24, 2.45) is 0 Å². The van der Waals surface area contributed by atoms with Crippen molar-refractivity contribution in [3.8, 4) is 22.3 Å². The first kappa shape index (κ1) is 45.3. The fourth-order valence-corrected chi connectivity index (χ4v) is 12.5. The molecule has 0 bridgehead atoms. The largest absolute Gasteiger partial charge is 0.454 e. The van der Waals surface area contributed by atoms with Crippen LogP contribution in [0.15, 0.2) is 205 Å². The Bertz CT molecular complexity index is 4230. The number of benzene rings is 10. The lowest BCUT2D eigenvalue weighted by molar-refractivity contribution is 0.590. The molecule has 0 unspecified atom stereocenters. The Morgan fingerprint density at radius 2 is 1.05 bits per heavy atom. The maximum atomic E-state index is 7.01. The van der Waals surface area contributed by atoms with Gasteiger partial charge in [0.1, 0.15) is 5.58 Å². The summed E-state index contributed by atoms with van der Waals surface area (Å²) >= 11 is 0. The third-order valence-electron chi connectivity index (χ3n) is 16.4. The fourth-order valence-electron chi connectivity index (χ4n) is 12.5. The number of hydrogen-bond donors (Lipinski definition) is 0. The molecule has 14 rings (SSSR count). The zero-order valence-electron chi connectivity index (χ0n) is 44.4. The Balaban J connectivity index is 1.13. The average molecular weight is 970 g/mol. The second kappa shape index (κ2) is 16.1. The molecule has 364 valence electrons.